The van der Waals surface area contributed by atoms with Gasteiger partial charge in [-0.1, -0.05) is 0 Å². The van der Waals surface area contributed by atoms with Crippen LogP contribution >= 0.6 is 0 Å². The molecule has 0 aliphatic heterocycles. The largest absolute Gasteiger partial charge is 0.463 e. The molecule has 0 amide bonds. The SMILES string of the molecule is COCC(COC(=O)CO)COC(=O)CO. The van der Waals surface area contributed by atoms with Crippen LogP contribution in [-0.2, 0) is 23.8 Å². The van der Waals surface area contributed by atoms with Crippen LogP contribution in [0.2, 0.25) is 0 Å². The number of aliphatic hydroxyl groups is 2. The van der Waals surface area contributed by atoms with E-state index in [9.17, 15) is 9.59 Å². The zero-order valence-electron chi connectivity index (χ0n) is 9.05. The number of aliphatic hydroxyl groups excluding tert-OH is 2. The first-order valence-electron chi connectivity index (χ1n) is 4.66. The fourth-order valence-electron chi connectivity index (χ4n) is 0.893. The van der Waals surface area contributed by atoms with Gasteiger partial charge in [0.25, 0.3) is 0 Å². The molecule has 0 unspecified atom stereocenters. The molecule has 94 valence electrons. The molecule has 2 N–H and O–H groups in total. The maximum Gasteiger partial charge on any atom is 0.331 e. The lowest BCUT2D eigenvalue weighted by atomic mass is 10.2. The van der Waals surface area contributed by atoms with Crippen molar-refractivity contribution in [3.63, 3.8) is 0 Å². The molecule has 0 bridgehead atoms. The molecule has 0 fully saturated rings. The third-order valence-electron chi connectivity index (χ3n) is 1.62. The van der Waals surface area contributed by atoms with Crippen LogP contribution in [0, 0.1) is 5.92 Å². The van der Waals surface area contributed by atoms with E-state index in [0.29, 0.717) is 0 Å². The second-order valence-electron chi connectivity index (χ2n) is 3.00. The van der Waals surface area contributed by atoms with Crippen LogP contribution in [0.15, 0.2) is 0 Å². The Labute approximate surface area is 92.9 Å². The van der Waals surface area contributed by atoms with Gasteiger partial charge in [0.1, 0.15) is 13.2 Å². The Morgan fingerprint density at radius 3 is 1.75 bits per heavy atom. The van der Waals surface area contributed by atoms with Gasteiger partial charge in [-0.25, -0.2) is 9.59 Å². The van der Waals surface area contributed by atoms with Gasteiger partial charge in [-0.05, 0) is 0 Å². The lowest BCUT2D eigenvalue weighted by Gasteiger charge is -2.15. The average Bonchev–Trinajstić information content (AvgIpc) is 2.31. The molecule has 0 saturated carbocycles. The molecule has 7 nitrogen and oxygen atoms in total. The molecule has 0 aromatic carbocycles. The first-order valence-corrected chi connectivity index (χ1v) is 4.66. The van der Waals surface area contributed by atoms with Crippen molar-refractivity contribution < 1.29 is 34.0 Å². The van der Waals surface area contributed by atoms with Gasteiger partial charge >= 0.3 is 11.9 Å². The summed E-state index contributed by atoms with van der Waals surface area (Å²) >= 11 is 0. The van der Waals surface area contributed by atoms with Crippen molar-refractivity contribution in [3.8, 4) is 0 Å². The topological polar surface area (TPSA) is 102 Å². The van der Waals surface area contributed by atoms with Gasteiger partial charge in [0.05, 0.1) is 25.7 Å². The van der Waals surface area contributed by atoms with E-state index in [1.54, 1.807) is 0 Å². The van der Waals surface area contributed by atoms with E-state index in [0.717, 1.165) is 0 Å². The summed E-state index contributed by atoms with van der Waals surface area (Å²) in [6.07, 6.45) is 0. The maximum atomic E-state index is 10.7. The number of carbonyl (C=O) groups excluding carboxylic acids is 2. The highest BCUT2D eigenvalue weighted by Crippen LogP contribution is 2.00. The fourth-order valence-corrected chi connectivity index (χ4v) is 0.893. The van der Waals surface area contributed by atoms with E-state index >= 15 is 0 Å². The van der Waals surface area contributed by atoms with Crippen LogP contribution in [0.3, 0.4) is 0 Å². The monoisotopic (exact) mass is 236 g/mol. The van der Waals surface area contributed by atoms with Crippen molar-refractivity contribution >= 4 is 11.9 Å². The molecule has 16 heavy (non-hydrogen) atoms. The number of esters is 2. The zero-order chi connectivity index (χ0) is 12.4. The second-order valence-corrected chi connectivity index (χ2v) is 3.00. The Hall–Kier alpha value is -1.18. The maximum absolute atomic E-state index is 10.7. The highest BCUT2D eigenvalue weighted by atomic mass is 16.6. The molecule has 0 heterocycles. The minimum Gasteiger partial charge on any atom is -0.463 e. The van der Waals surface area contributed by atoms with Crippen LogP contribution in [0.4, 0.5) is 0 Å². The summed E-state index contributed by atoms with van der Waals surface area (Å²) in [5.41, 5.74) is 0. The van der Waals surface area contributed by atoms with Gasteiger partial charge in [0.2, 0.25) is 0 Å². The Bertz CT molecular complexity index is 196. The van der Waals surface area contributed by atoms with Crippen molar-refractivity contribution in [1.82, 2.24) is 0 Å². The van der Waals surface area contributed by atoms with Crippen LogP contribution in [-0.4, -0.2) is 62.3 Å². The molecule has 0 saturated heterocycles. The molecular formula is C9H16O7. The predicted octanol–water partition coefficient (Wildman–Crippen LogP) is -1.68. The molecular weight excluding hydrogens is 220 g/mol. The van der Waals surface area contributed by atoms with Crippen LogP contribution in [0.5, 0.6) is 0 Å². The van der Waals surface area contributed by atoms with Gasteiger partial charge in [0, 0.05) is 7.11 Å². The highest BCUT2D eigenvalue weighted by molar-refractivity contribution is 5.70. The standard InChI is InChI=1S/C9H16O7/c1-14-4-7(5-15-8(12)2-10)6-16-9(13)3-11/h7,10-11H,2-6H2,1H3. The summed E-state index contributed by atoms with van der Waals surface area (Å²) in [6.45, 7) is -1.21. The predicted molar refractivity (Wildman–Crippen MR) is 51.5 cm³/mol. The number of hydrogen-bond acceptors (Lipinski definition) is 7. The minimum absolute atomic E-state index is 0.0219. The van der Waals surface area contributed by atoms with E-state index in [2.05, 4.69) is 9.47 Å². The first kappa shape index (κ1) is 14.8. The lowest BCUT2D eigenvalue weighted by Crippen LogP contribution is -2.26. The number of methoxy groups -OCH3 is 1. The van der Waals surface area contributed by atoms with Gasteiger partial charge in [-0.3, -0.25) is 0 Å². The van der Waals surface area contributed by atoms with Crippen molar-refractivity contribution in [2.75, 3.05) is 40.1 Å². The van der Waals surface area contributed by atoms with E-state index in [4.69, 9.17) is 14.9 Å². The van der Waals surface area contributed by atoms with E-state index in [1.165, 1.54) is 7.11 Å². The van der Waals surface area contributed by atoms with Crippen LogP contribution in [0.25, 0.3) is 0 Å². The van der Waals surface area contributed by atoms with E-state index in [-0.39, 0.29) is 25.7 Å². The van der Waals surface area contributed by atoms with Crippen molar-refractivity contribution in [3.05, 3.63) is 0 Å². The number of rotatable bonds is 8. The summed E-state index contributed by atoms with van der Waals surface area (Å²) in [5, 5.41) is 16.8. The first-order chi connectivity index (χ1) is 7.63. The summed E-state index contributed by atoms with van der Waals surface area (Å²) in [6, 6.07) is 0. The molecule has 0 aliphatic rings. The van der Waals surface area contributed by atoms with Crippen molar-refractivity contribution in [2.24, 2.45) is 5.92 Å². The van der Waals surface area contributed by atoms with Gasteiger partial charge in [-0.2, -0.15) is 0 Å². The van der Waals surface area contributed by atoms with E-state index < -0.39 is 25.2 Å². The third-order valence-corrected chi connectivity index (χ3v) is 1.62. The van der Waals surface area contributed by atoms with Crippen LogP contribution in [0.1, 0.15) is 0 Å². The second kappa shape index (κ2) is 9.08. The number of ether oxygens (including phenoxy) is 3. The Kier molecular flexibility index (Phi) is 8.41. The smallest absolute Gasteiger partial charge is 0.331 e. The molecule has 0 aromatic rings. The molecule has 7 heteroatoms. The molecule has 0 spiro atoms. The van der Waals surface area contributed by atoms with Gasteiger partial charge in [-0.15, -0.1) is 0 Å². The Balaban J connectivity index is 3.87. The molecule has 0 rings (SSSR count). The van der Waals surface area contributed by atoms with E-state index in [1.807, 2.05) is 0 Å². The number of hydrogen-bond donors (Lipinski definition) is 2. The highest BCUT2D eigenvalue weighted by Gasteiger charge is 2.14. The van der Waals surface area contributed by atoms with Gasteiger partial charge < -0.3 is 24.4 Å². The molecule has 0 atom stereocenters. The summed E-state index contributed by atoms with van der Waals surface area (Å²) in [7, 11) is 1.45. The normalized spacial score (nSPS) is 10.2. The summed E-state index contributed by atoms with van der Waals surface area (Å²) in [5.74, 6) is -1.83. The van der Waals surface area contributed by atoms with Crippen molar-refractivity contribution in [2.45, 2.75) is 0 Å². The van der Waals surface area contributed by atoms with Gasteiger partial charge in [0.15, 0.2) is 0 Å². The Morgan fingerprint density at radius 1 is 1.00 bits per heavy atom. The Morgan fingerprint density at radius 2 is 1.44 bits per heavy atom. The minimum atomic E-state index is -0.755. The fraction of sp³-hybridized carbons (Fsp3) is 0.778. The lowest BCUT2D eigenvalue weighted by molar-refractivity contribution is -0.153. The van der Waals surface area contributed by atoms with Crippen LogP contribution < -0.4 is 0 Å². The zero-order valence-corrected chi connectivity index (χ0v) is 9.05. The summed E-state index contributed by atoms with van der Waals surface area (Å²) in [4.78, 5) is 21.3. The molecule has 0 aromatic heterocycles. The van der Waals surface area contributed by atoms with Crippen molar-refractivity contribution in [1.29, 1.82) is 0 Å². The third kappa shape index (κ3) is 7.16. The average molecular weight is 236 g/mol. The molecule has 0 radical (unpaired) electrons. The quantitative estimate of drug-likeness (QED) is 0.485. The summed E-state index contributed by atoms with van der Waals surface area (Å²) < 4.78 is 14.1. The number of carbonyl (C=O) groups is 2. The molecule has 0 aliphatic carbocycles.